The number of likely N-dealkylation sites (tertiary alicyclic amines) is 1. The van der Waals surface area contributed by atoms with Crippen molar-refractivity contribution in [2.75, 3.05) is 38.3 Å². The third-order valence-electron chi connectivity index (χ3n) is 15.4. The van der Waals surface area contributed by atoms with Crippen molar-refractivity contribution in [2.45, 2.75) is 284 Å². The zero-order chi connectivity index (χ0) is 55.7. The fourth-order valence-electron chi connectivity index (χ4n) is 10.5. The molecule has 15 nitrogen and oxygen atoms in total. The predicted molar refractivity (Wildman–Crippen MR) is 306 cm³/mol. The van der Waals surface area contributed by atoms with Crippen LogP contribution >= 0.6 is 0 Å². The fraction of sp³-hybridized carbons (Fsp3) is 0.806. The molecule has 0 spiro atoms. The lowest BCUT2D eigenvalue weighted by atomic mass is 9.92. The van der Waals surface area contributed by atoms with E-state index in [-0.39, 0.29) is 62.3 Å². The number of anilines is 1. The molecule has 0 bridgehead atoms. The van der Waals surface area contributed by atoms with Crippen molar-refractivity contribution in [3.63, 3.8) is 0 Å². The first kappa shape index (κ1) is 66.5. The second-order valence-electron chi connectivity index (χ2n) is 22.1. The molecule has 0 saturated carbocycles. The normalized spacial score (nSPS) is 14.8. The molecular formula is C62H104N6O9. The predicted octanol–water partition coefficient (Wildman–Crippen LogP) is 14.8. The summed E-state index contributed by atoms with van der Waals surface area (Å²) < 4.78 is 24.5. The summed E-state index contributed by atoms with van der Waals surface area (Å²) in [5, 5.41) is 9.87. The van der Waals surface area contributed by atoms with Crippen LogP contribution in [0.3, 0.4) is 0 Å². The Morgan fingerprint density at radius 2 is 1.04 bits per heavy atom. The van der Waals surface area contributed by atoms with Gasteiger partial charge in [0.15, 0.2) is 12.3 Å². The largest absolute Gasteiger partial charge is 0.462 e. The minimum atomic E-state index is -0.867. The summed E-state index contributed by atoms with van der Waals surface area (Å²) in [6.45, 7) is 9.32. The smallest absolute Gasteiger partial charge is 0.307 e. The summed E-state index contributed by atoms with van der Waals surface area (Å²) in [7, 11) is 1.97. The van der Waals surface area contributed by atoms with Crippen molar-refractivity contribution in [3.05, 3.63) is 18.6 Å². The first-order valence-corrected chi connectivity index (χ1v) is 30.9. The molecule has 0 radical (unpaired) electrons. The molecule has 1 unspecified atom stereocenters. The number of piperidine rings is 1. The molecule has 2 aromatic rings. The summed E-state index contributed by atoms with van der Waals surface area (Å²) in [5.41, 5.74) is 0.635. The number of amides is 1. The van der Waals surface area contributed by atoms with Crippen molar-refractivity contribution in [2.24, 2.45) is 5.92 Å². The summed E-state index contributed by atoms with van der Waals surface area (Å²) in [4.78, 5) is 76.9. The van der Waals surface area contributed by atoms with Gasteiger partial charge in [0.1, 0.15) is 37.4 Å². The molecule has 3 atom stereocenters. The van der Waals surface area contributed by atoms with Crippen molar-refractivity contribution in [3.8, 4) is 6.07 Å². The van der Waals surface area contributed by atoms with E-state index in [9.17, 15) is 24.0 Å². The first-order valence-electron chi connectivity index (χ1n) is 30.9. The minimum Gasteiger partial charge on any atom is -0.462 e. The van der Waals surface area contributed by atoms with Gasteiger partial charge in [0, 0.05) is 52.0 Å². The van der Waals surface area contributed by atoms with E-state index in [4.69, 9.17) is 24.2 Å². The number of carbonyl (C=O) groups is 5. The standard InChI is InChI=1S/C62H104N6O9/c1-6-8-10-12-14-16-18-20-22-24-26-29-33-37-57(70)74-48-53(49-75-58(71)38-34-30-27-25-23-21-19-17-15-13-11-9-7-2)77-60(73)40-36-32-28-31-35-39-59(72)76-52(4)68-46-43-54-61(64-50-65-62(54)68)66(5)55-47-67(45-42-51(55)3)56(69)41-44-63/h43,46,50-53,55H,6-42,45,47-49H2,1-5H3/t51-,52?,55+/m1/s1. The zero-order valence-electron chi connectivity index (χ0n) is 48.9. The van der Waals surface area contributed by atoms with Gasteiger partial charge in [0.2, 0.25) is 5.91 Å². The number of esters is 4. The molecule has 0 N–H and O–H groups in total. The second kappa shape index (κ2) is 42.2. The summed E-state index contributed by atoms with van der Waals surface area (Å²) in [5.74, 6) is -0.533. The van der Waals surface area contributed by atoms with Crippen LogP contribution in [0.4, 0.5) is 5.82 Å². The lowest BCUT2D eigenvalue weighted by molar-refractivity contribution is -0.167. The Morgan fingerprint density at radius 3 is 1.48 bits per heavy atom. The summed E-state index contributed by atoms with van der Waals surface area (Å²) >= 11 is 0. The van der Waals surface area contributed by atoms with Gasteiger partial charge >= 0.3 is 23.9 Å². The average Bonchev–Trinajstić information content (AvgIpc) is 3.87. The monoisotopic (exact) mass is 1080 g/mol. The number of ether oxygens (including phenoxy) is 4. The van der Waals surface area contributed by atoms with Gasteiger partial charge in [-0.15, -0.1) is 0 Å². The Hall–Kier alpha value is -4.74. The van der Waals surface area contributed by atoms with Gasteiger partial charge in [-0.1, -0.05) is 194 Å². The number of unbranched alkanes of at least 4 members (excludes halogenated alkanes) is 28. The van der Waals surface area contributed by atoms with Crippen LogP contribution in [0.15, 0.2) is 18.6 Å². The number of hydrogen-bond acceptors (Lipinski definition) is 13. The second-order valence-corrected chi connectivity index (χ2v) is 22.1. The van der Waals surface area contributed by atoms with Crippen LogP contribution in [0.5, 0.6) is 0 Å². The van der Waals surface area contributed by atoms with E-state index in [0.29, 0.717) is 50.3 Å². The Balaban J connectivity index is 1.35. The quantitative estimate of drug-likeness (QED) is 0.0347. The Kier molecular flexibility index (Phi) is 36.5. The maximum atomic E-state index is 13.0. The van der Waals surface area contributed by atoms with Crippen molar-refractivity contribution in [1.82, 2.24) is 19.4 Å². The van der Waals surface area contributed by atoms with E-state index in [1.54, 1.807) is 4.90 Å². The molecule has 3 rings (SSSR count). The molecule has 77 heavy (non-hydrogen) atoms. The molecule has 3 heterocycles. The average molecular weight is 1080 g/mol. The molecule has 0 aliphatic carbocycles. The number of fused-ring (bicyclic) bond motifs is 1. The first-order chi connectivity index (χ1) is 37.5. The van der Waals surface area contributed by atoms with Crippen LogP contribution in [0, 0.1) is 17.2 Å². The van der Waals surface area contributed by atoms with Gasteiger partial charge in [0.25, 0.3) is 0 Å². The number of likely N-dealkylation sites (N-methyl/N-ethyl adjacent to an activating group) is 1. The molecule has 1 fully saturated rings. The van der Waals surface area contributed by atoms with Gasteiger partial charge in [-0.2, -0.15) is 5.26 Å². The van der Waals surface area contributed by atoms with Crippen molar-refractivity contribution < 1.29 is 42.9 Å². The number of rotatable bonds is 46. The number of nitriles is 1. The minimum absolute atomic E-state index is 0.00207. The molecular weight excluding hydrogens is 973 g/mol. The van der Waals surface area contributed by atoms with Gasteiger partial charge in [-0.05, 0) is 51.0 Å². The molecule has 0 aromatic carbocycles. The molecule has 1 saturated heterocycles. The van der Waals surface area contributed by atoms with E-state index in [0.717, 1.165) is 75.4 Å². The summed E-state index contributed by atoms with van der Waals surface area (Å²) in [6.07, 6.45) is 39.1. The van der Waals surface area contributed by atoms with Crippen LogP contribution in [0.1, 0.15) is 271 Å². The lowest BCUT2D eigenvalue weighted by Crippen LogP contribution is -2.52. The lowest BCUT2D eigenvalue weighted by Gasteiger charge is -2.42. The third-order valence-corrected chi connectivity index (χ3v) is 15.4. The van der Waals surface area contributed by atoms with Crippen LogP contribution in [0.2, 0.25) is 0 Å². The number of hydrogen-bond donors (Lipinski definition) is 0. The topological polar surface area (TPSA) is 183 Å². The third kappa shape index (κ3) is 29.2. The molecule has 1 amide bonds. The Bertz CT molecular complexity index is 1920. The SMILES string of the molecule is CCCCCCCCCCCCCCCC(=O)OCC(COC(=O)CCCCCCCCCCCCCCC)OC(=O)CCCCCCCC(=O)OC(C)n1ccc2c(N(C)[C@H]3CN(C(=O)CC#N)CC[C@H]3C)ncnc21. The maximum absolute atomic E-state index is 13.0. The van der Waals surface area contributed by atoms with Gasteiger partial charge in [-0.3, -0.25) is 28.5 Å². The Labute approximate surface area is 465 Å². The van der Waals surface area contributed by atoms with Gasteiger partial charge < -0.3 is 28.7 Å². The number of aromatic nitrogens is 3. The molecule has 436 valence electrons. The maximum Gasteiger partial charge on any atom is 0.307 e. The van der Waals surface area contributed by atoms with E-state index < -0.39 is 18.3 Å². The zero-order valence-corrected chi connectivity index (χ0v) is 48.9. The number of carbonyl (C=O) groups excluding carboxylic acids is 5. The van der Waals surface area contributed by atoms with Crippen LogP contribution < -0.4 is 4.90 Å². The van der Waals surface area contributed by atoms with Crippen LogP contribution in [-0.4, -0.2) is 94.7 Å². The highest BCUT2D eigenvalue weighted by molar-refractivity contribution is 5.88. The molecule has 15 heteroatoms. The van der Waals surface area contributed by atoms with E-state index in [1.807, 2.05) is 36.9 Å². The highest BCUT2D eigenvalue weighted by Crippen LogP contribution is 2.31. The molecule has 1 aliphatic rings. The van der Waals surface area contributed by atoms with E-state index in [2.05, 4.69) is 35.6 Å². The van der Waals surface area contributed by atoms with Gasteiger partial charge in [-0.25, -0.2) is 9.97 Å². The number of nitrogens with zero attached hydrogens (tertiary/aromatic N) is 6. The van der Waals surface area contributed by atoms with E-state index in [1.165, 1.54) is 135 Å². The summed E-state index contributed by atoms with van der Waals surface area (Å²) in [6, 6.07) is 3.89. The van der Waals surface area contributed by atoms with Crippen LogP contribution in [0.25, 0.3) is 11.0 Å². The van der Waals surface area contributed by atoms with Crippen LogP contribution in [-0.2, 0) is 42.9 Å². The fourth-order valence-corrected chi connectivity index (χ4v) is 10.5. The molecule has 2 aromatic heterocycles. The Morgan fingerprint density at radius 1 is 0.623 bits per heavy atom. The highest BCUT2D eigenvalue weighted by atomic mass is 16.6. The van der Waals surface area contributed by atoms with E-state index >= 15 is 0 Å². The van der Waals surface area contributed by atoms with Crippen molar-refractivity contribution in [1.29, 1.82) is 5.26 Å². The highest BCUT2D eigenvalue weighted by Gasteiger charge is 2.33. The van der Waals surface area contributed by atoms with Gasteiger partial charge in [0.05, 0.1) is 17.5 Å². The van der Waals surface area contributed by atoms with Crippen molar-refractivity contribution >= 4 is 46.6 Å². The molecule has 1 aliphatic heterocycles.